The molecule has 1 aliphatic heterocycles. The highest BCUT2D eigenvalue weighted by atomic mass is 16.6. The molecule has 2 rings (SSSR count). The Morgan fingerprint density at radius 3 is 2.00 bits per heavy atom. The van der Waals surface area contributed by atoms with Gasteiger partial charge < -0.3 is 25.2 Å². The van der Waals surface area contributed by atoms with Gasteiger partial charge in [0.25, 0.3) is 0 Å². The molecule has 0 radical (unpaired) electrons. The molecule has 6 atom stereocenters. The Hall–Kier alpha value is -2.30. The molecule has 4 N–H and O–H groups in total. The van der Waals surface area contributed by atoms with Gasteiger partial charge in [0.05, 0.1) is 0 Å². The molecule has 1 fully saturated rings. The fourth-order valence-electron chi connectivity index (χ4n) is 3.58. The molecule has 158 valence electrons. The molecule has 0 bridgehead atoms. The molecule has 29 heavy (non-hydrogen) atoms. The van der Waals surface area contributed by atoms with E-state index in [2.05, 4.69) is 0 Å². The molecule has 0 saturated carbocycles. The first-order chi connectivity index (χ1) is 15.4. The SMILES string of the molecule is [2H]CC(=O)C(O)[C@H]1OC(c2ccccc2)[C@@](O)(C(=O)C[2H])[C@](O)(C(=O)C[2H])[C@]1(O)C(=O)C[2H]. The van der Waals surface area contributed by atoms with Crippen molar-refractivity contribution in [3.8, 4) is 0 Å². The Bertz CT molecular complexity index is 929. The van der Waals surface area contributed by atoms with Gasteiger partial charge in [-0.2, -0.15) is 0 Å². The zero-order valence-electron chi connectivity index (χ0n) is 19.3. The van der Waals surface area contributed by atoms with Gasteiger partial charge >= 0.3 is 0 Å². The highest BCUT2D eigenvalue weighted by Crippen LogP contribution is 2.52. The summed E-state index contributed by atoms with van der Waals surface area (Å²) in [7, 11) is 0. The van der Waals surface area contributed by atoms with Crippen molar-refractivity contribution in [2.24, 2.45) is 0 Å². The molecule has 1 aliphatic rings. The first-order valence-corrected chi connectivity index (χ1v) is 8.28. The van der Waals surface area contributed by atoms with Crippen molar-refractivity contribution in [3.63, 3.8) is 0 Å². The monoisotopic (exact) mass is 412 g/mol. The molecule has 0 aromatic heterocycles. The molecule has 1 aromatic carbocycles. The summed E-state index contributed by atoms with van der Waals surface area (Å²) in [6.07, 6.45) is -7.12. The maximum Gasteiger partial charge on any atom is 0.200 e. The van der Waals surface area contributed by atoms with Crippen LogP contribution in [0.3, 0.4) is 0 Å². The highest BCUT2D eigenvalue weighted by Gasteiger charge is 2.79. The minimum Gasteiger partial charge on any atom is -0.382 e. The van der Waals surface area contributed by atoms with E-state index in [1.165, 1.54) is 30.3 Å². The van der Waals surface area contributed by atoms with Crippen molar-refractivity contribution < 1.29 is 49.8 Å². The van der Waals surface area contributed by atoms with Gasteiger partial charge in [-0.3, -0.25) is 19.2 Å². The summed E-state index contributed by atoms with van der Waals surface area (Å²) in [6.45, 7) is -5.06. The number of carbonyl (C=O) groups excluding carboxylic acids is 4. The van der Waals surface area contributed by atoms with Crippen LogP contribution in [-0.4, -0.2) is 72.6 Å². The van der Waals surface area contributed by atoms with Crippen LogP contribution in [0.2, 0.25) is 0 Å². The lowest BCUT2D eigenvalue weighted by Gasteiger charge is -2.58. The quantitative estimate of drug-likeness (QED) is 0.461. The molecule has 1 saturated heterocycles. The second kappa shape index (κ2) is 7.51. The Kier molecular flexibility index (Phi) is 4.54. The van der Waals surface area contributed by atoms with Crippen molar-refractivity contribution in [3.05, 3.63) is 35.9 Å². The normalized spacial score (nSPS) is 37.4. The Balaban J connectivity index is 3.01. The van der Waals surface area contributed by atoms with E-state index in [9.17, 15) is 39.6 Å². The van der Waals surface area contributed by atoms with E-state index in [0.29, 0.717) is 0 Å². The fraction of sp³-hybridized carbons (Fsp3) is 0.500. The number of benzene rings is 1. The van der Waals surface area contributed by atoms with E-state index in [4.69, 9.17) is 10.2 Å². The van der Waals surface area contributed by atoms with E-state index < -0.39 is 85.8 Å². The Morgan fingerprint density at radius 1 is 0.931 bits per heavy atom. The summed E-state index contributed by atoms with van der Waals surface area (Å²) in [5, 5.41) is 45.0. The van der Waals surface area contributed by atoms with Crippen LogP contribution in [-0.2, 0) is 23.9 Å². The number of Topliss-reactive ketones (excluding diaryl/α,β-unsaturated/α-hetero) is 4. The van der Waals surface area contributed by atoms with Crippen LogP contribution in [0.15, 0.2) is 30.3 Å². The summed E-state index contributed by atoms with van der Waals surface area (Å²) < 4.78 is 34.9. The van der Waals surface area contributed by atoms with Crippen molar-refractivity contribution >= 4 is 23.1 Å². The smallest absolute Gasteiger partial charge is 0.200 e. The van der Waals surface area contributed by atoms with Crippen LogP contribution < -0.4 is 0 Å². The lowest BCUT2D eigenvalue weighted by atomic mass is 9.57. The summed E-state index contributed by atoms with van der Waals surface area (Å²) in [5.41, 5.74) is -11.3. The van der Waals surface area contributed by atoms with Crippen molar-refractivity contribution in [2.75, 3.05) is 0 Å². The fourth-order valence-corrected chi connectivity index (χ4v) is 3.58. The third-order valence-corrected chi connectivity index (χ3v) is 5.15. The Labute approximate surface area is 172 Å². The van der Waals surface area contributed by atoms with Crippen LogP contribution in [0.25, 0.3) is 0 Å². The third-order valence-electron chi connectivity index (χ3n) is 5.15. The Morgan fingerprint density at radius 2 is 1.48 bits per heavy atom. The standard InChI is InChI=1S/C20H24O9/c1-10(21)15(25)17-19(27,12(3)23)20(28,13(4)24)18(26,11(2)22)16(29-17)14-8-6-5-7-9-14/h5-9,15-17,25-28H,1-4H3/t15?,16?,17-,18+,19+,20-/m1/s1/i1D,2D,3D,4D. The summed E-state index contributed by atoms with van der Waals surface area (Å²) >= 11 is 0. The summed E-state index contributed by atoms with van der Waals surface area (Å²) in [4.78, 5) is 50.6. The molecule has 0 spiro atoms. The molecule has 0 aliphatic carbocycles. The third kappa shape index (κ3) is 2.97. The topological polar surface area (TPSA) is 158 Å². The summed E-state index contributed by atoms with van der Waals surface area (Å²) in [6, 6.07) is 6.88. The molecule has 9 nitrogen and oxygen atoms in total. The zero-order valence-corrected chi connectivity index (χ0v) is 15.3. The largest absolute Gasteiger partial charge is 0.382 e. The number of ether oxygens (including phenoxy) is 1. The van der Waals surface area contributed by atoms with Gasteiger partial charge in [-0.1, -0.05) is 30.3 Å². The minimum atomic E-state index is -3.90. The first kappa shape index (κ1) is 17.5. The van der Waals surface area contributed by atoms with Gasteiger partial charge in [0.2, 0.25) is 0 Å². The van der Waals surface area contributed by atoms with Gasteiger partial charge in [0.1, 0.15) is 18.3 Å². The average molecular weight is 412 g/mol. The van der Waals surface area contributed by atoms with Gasteiger partial charge in [-0.05, 0) is 33.2 Å². The minimum absolute atomic E-state index is 0.103. The van der Waals surface area contributed by atoms with Crippen LogP contribution in [0.1, 0.15) is 44.7 Å². The number of aliphatic hydroxyl groups excluding tert-OH is 1. The highest BCUT2D eigenvalue weighted by molar-refractivity contribution is 6.05. The molecule has 0 amide bonds. The van der Waals surface area contributed by atoms with E-state index in [-0.39, 0.29) is 5.56 Å². The second-order valence-electron chi connectivity index (χ2n) is 6.77. The van der Waals surface area contributed by atoms with Crippen molar-refractivity contribution in [1.29, 1.82) is 0 Å². The molecule has 1 heterocycles. The molecular formula is C20H24O9. The number of ketones is 4. The number of rotatable bonds is 6. The van der Waals surface area contributed by atoms with E-state index in [0.717, 1.165) is 0 Å². The van der Waals surface area contributed by atoms with Gasteiger partial charge in [0.15, 0.2) is 39.9 Å². The van der Waals surface area contributed by atoms with Crippen LogP contribution in [0, 0.1) is 0 Å². The van der Waals surface area contributed by atoms with E-state index in [1.807, 2.05) is 0 Å². The predicted molar refractivity (Wildman–Crippen MR) is 97.6 cm³/mol. The lowest BCUT2D eigenvalue weighted by Crippen LogP contribution is -2.85. The van der Waals surface area contributed by atoms with Gasteiger partial charge in [0, 0.05) is 5.48 Å². The second-order valence-corrected chi connectivity index (χ2v) is 6.77. The van der Waals surface area contributed by atoms with Gasteiger partial charge in [-0.25, -0.2) is 0 Å². The lowest BCUT2D eigenvalue weighted by molar-refractivity contribution is -0.329. The molecule has 1 aromatic rings. The number of carbonyl (C=O) groups is 4. The molecule has 2 unspecified atom stereocenters. The van der Waals surface area contributed by atoms with Crippen molar-refractivity contribution in [1.82, 2.24) is 0 Å². The maximum absolute atomic E-state index is 12.9. The van der Waals surface area contributed by atoms with E-state index in [1.54, 1.807) is 0 Å². The average Bonchev–Trinajstić information content (AvgIpc) is 2.85. The van der Waals surface area contributed by atoms with Crippen molar-refractivity contribution in [2.45, 2.75) is 62.7 Å². The molecule has 9 heteroatoms. The van der Waals surface area contributed by atoms with E-state index >= 15 is 0 Å². The first-order valence-electron chi connectivity index (χ1n) is 11.1. The van der Waals surface area contributed by atoms with Crippen LogP contribution in [0.4, 0.5) is 0 Å². The van der Waals surface area contributed by atoms with Crippen LogP contribution in [0.5, 0.6) is 0 Å². The van der Waals surface area contributed by atoms with Gasteiger partial charge in [-0.15, -0.1) is 0 Å². The number of hydrogen-bond acceptors (Lipinski definition) is 9. The maximum atomic E-state index is 12.9. The predicted octanol–water partition coefficient (Wildman–Crippen LogP) is -0.963. The molecular weight excluding hydrogens is 384 g/mol. The number of hydrogen-bond donors (Lipinski definition) is 4. The summed E-state index contributed by atoms with van der Waals surface area (Å²) in [5.74, 6) is -6.34. The number of aliphatic hydroxyl groups is 4. The van der Waals surface area contributed by atoms with Crippen LogP contribution >= 0.6 is 0 Å². The zero-order chi connectivity index (χ0) is 25.2.